The molecule has 9 nitrogen and oxygen atoms in total. The molecular formula is C24H27N5O4S. The van der Waals surface area contributed by atoms with Crippen molar-refractivity contribution in [3.63, 3.8) is 0 Å². The van der Waals surface area contributed by atoms with Crippen LogP contribution in [0.5, 0.6) is 11.5 Å². The highest BCUT2D eigenvalue weighted by atomic mass is 32.2. The number of H-pyrrole nitrogens is 1. The number of aryl methyl sites for hydroxylation is 1. The van der Waals surface area contributed by atoms with Gasteiger partial charge in [0.15, 0.2) is 11.5 Å². The molecule has 34 heavy (non-hydrogen) atoms. The molecule has 2 heterocycles. The first kappa shape index (κ1) is 23.6. The number of imidazole rings is 1. The van der Waals surface area contributed by atoms with Crippen LogP contribution in [0.1, 0.15) is 30.6 Å². The predicted molar refractivity (Wildman–Crippen MR) is 131 cm³/mol. The van der Waals surface area contributed by atoms with Crippen LogP contribution < -0.4 is 14.8 Å². The maximum atomic E-state index is 12.7. The molecule has 0 radical (unpaired) electrons. The number of hydrogen-bond donors (Lipinski definition) is 2. The monoisotopic (exact) mass is 481 g/mol. The van der Waals surface area contributed by atoms with Crippen molar-refractivity contribution in [2.24, 2.45) is 0 Å². The number of methoxy groups -OCH3 is 2. The van der Waals surface area contributed by atoms with Crippen molar-refractivity contribution in [2.45, 2.75) is 25.3 Å². The van der Waals surface area contributed by atoms with Crippen molar-refractivity contribution >= 4 is 28.7 Å². The number of aromatic nitrogens is 4. The number of benzene rings is 2. The second-order valence-electron chi connectivity index (χ2n) is 7.62. The van der Waals surface area contributed by atoms with E-state index in [0.717, 1.165) is 34.6 Å². The van der Waals surface area contributed by atoms with Gasteiger partial charge in [0.1, 0.15) is 5.82 Å². The van der Waals surface area contributed by atoms with Crippen LogP contribution in [0.4, 0.5) is 0 Å². The van der Waals surface area contributed by atoms with E-state index >= 15 is 0 Å². The fraction of sp³-hybridized carbons (Fsp3) is 0.333. The summed E-state index contributed by atoms with van der Waals surface area (Å²) in [5.74, 6) is 3.58. The molecule has 0 aliphatic heterocycles. The van der Waals surface area contributed by atoms with Gasteiger partial charge in [-0.25, -0.2) is 4.98 Å². The van der Waals surface area contributed by atoms with Gasteiger partial charge in [0.2, 0.25) is 17.6 Å². The molecule has 2 N–H and O–H groups in total. The summed E-state index contributed by atoms with van der Waals surface area (Å²) in [6.45, 7) is 0. The lowest BCUT2D eigenvalue weighted by Crippen LogP contribution is -2.30. The molecule has 1 amide bonds. The predicted octanol–water partition coefficient (Wildman–Crippen LogP) is 4.17. The standard InChI is InChI=1S/C24H27N5O4S/c1-31-19-9-8-15(14-20(19)32-2)23-28-22(33-29-23)11-10-21(30)25-18(12-13-34-3)24-26-16-6-4-5-7-17(16)27-24/h4-9,14,18H,10-13H2,1-3H3,(H,25,30)(H,26,27)/t18-/m1/s1. The lowest BCUT2D eigenvalue weighted by molar-refractivity contribution is -0.122. The number of aromatic amines is 1. The molecule has 10 heteroatoms. The first-order valence-corrected chi connectivity index (χ1v) is 12.3. The van der Waals surface area contributed by atoms with Crippen molar-refractivity contribution in [3.8, 4) is 22.9 Å². The van der Waals surface area contributed by atoms with Crippen LogP contribution in [0.25, 0.3) is 22.4 Å². The third kappa shape index (κ3) is 5.51. The number of thioether (sulfide) groups is 1. The fourth-order valence-electron chi connectivity index (χ4n) is 3.59. The smallest absolute Gasteiger partial charge is 0.227 e. The van der Waals surface area contributed by atoms with Gasteiger partial charge in [0, 0.05) is 18.4 Å². The molecule has 4 aromatic rings. The van der Waals surface area contributed by atoms with Gasteiger partial charge in [-0.2, -0.15) is 16.7 Å². The largest absolute Gasteiger partial charge is 0.493 e. The number of rotatable bonds is 11. The van der Waals surface area contributed by atoms with Gasteiger partial charge in [0.25, 0.3) is 0 Å². The molecule has 0 unspecified atom stereocenters. The summed E-state index contributed by atoms with van der Waals surface area (Å²) in [6, 6.07) is 13.0. The van der Waals surface area contributed by atoms with Crippen molar-refractivity contribution in [1.29, 1.82) is 0 Å². The Bertz CT molecular complexity index is 1220. The van der Waals surface area contributed by atoms with Crippen molar-refractivity contribution in [2.75, 3.05) is 26.2 Å². The zero-order chi connectivity index (χ0) is 23.9. The van der Waals surface area contributed by atoms with E-state index in [0.29, 0.717) is 29.6 Å². The normalized spacial score (nSPS) is 12.0. The second kappa shape index (κ2) is 11.1. The Hall–Kier alpha value is -3.53. The Labute approximate surface area is 201 Å². The highest BCUT2D eigenvalue weighted by molar-refractivity contribution is 7.98. The molecule has 1 atom stereocenters. The molecule has 178 valence electrons. The molecule has 0 aliphatic carbocycles. The first-order chi connectivity index (χ1) is 16.6. The zero-order valence-electron chi connectivity index (χ0n) is 19.3. The number of amides is 1. The maximum absolute atomic E-state index is 12.7. The minimum atomic E-state index is -0.197. The Morgan fingerprint density at radius 3 is 2.74 bits per heavy atom. The number of nitrogens with one attached hydrogen (secondary N) is 2. The quantitative estimate of drug-likeness (QED) is 0.328. The maximum Gasteiger partial charge on any atom is 0.227 e. The third-order valence-corrected chi connectivity index (χ3v) is 6.00. The molecule has 4 rings (SSSR count). The highest BCUT2D eigenvalue weighted by Crippen LogP contribution is 2.31. The lowest BCUT2D eigenvalue weighted by Gasteiger charge is -2.16. The molecule has 0 spiro atoms. The van der Waals surface area contributed by atoms with Gasteiger partial charge in [-0.3, -0.25) is 4.79 Å². The number of para-hydroxylation sites is 2. The lowest BCUT2D eigenvalue weighted by atomic mass is 10.2. The Morgan fingerprint density at radius 1 is 1.15 bits per heavy atom. The average Bonchev–Trinajstić information content (AvgIpc) is 3.52. The van der Waals surface area contributed by atoms with Crippen LogP contribution in [0.2, 0.25) is 0 Å². The summed E-state index contributed by atoms with van der Waals surface area (Å²) in [5, 5.41) is 7.14. The topological polar surface area (TPSA) is 115 Å². The summed E-state index contributed by atoms with van der Waals surface area (Å²) >= 11 is 1.73. The molecule has 2 aromatic heterocycles. The van der Waals surface area contributed by atoms with Crippen LogP contribution in [0.15, 0.2) is 47.0 Å². The summed E-state index contributed by atoms with van der Waals surface area (Å²) in [5.41, 5.74) is 2.57. The number of ether oxygens (including phenoxy) is 2. The van der Waals surface area contributed by atoms with E-state index in [1.807, 2.05) is 36.6 Å². The average molecular weight is 482 g/mol. The molecule has 0 bridgehead atoms. The molecule has 0 aliphatic rings. The fourth-order valence-corrected chi connectivity index (χ4v) is 4.06. The van der Waals surface area contributed by atoms with E-state index in [9.17, 15) is 4.79 Å². The van der Waals surface area contributed by atoms with E-state index in [1.54, 1.807) is 38.1 Å². The first-order valence-electron chi connectivity index (χ1n) is 10.9. The van der Waals surface area contributed by atoms with Crippen LogP contribution in [-0.2, 0) is 11.2 Å². The SMILES string of the molecule is COc1ccc(-c2noc(CCC(=O)N[C@H](CCSC)c3nc4ccccc4[nH]3)n2)cc1OC. The van der Waals surface area contributed by atoms with Gasteiger partial charge in [-0.05, 0) is 48.8 Å². The van der Waals surface area contributed by atoms with Crippen LogP contribution in [-0.4, -0.2) is 52.2 Å². The van der Waals surface area contributed by atoms with Gasteiger partial charge < -0.3 is 24.3 Å². The van der Waals surface area contributed by atoms with Gasteiger partial charge in [-0.1, -0.05) is 17.3 Å². The summed E-state index contributed by atoms with van der Waals surface area (Å²) in [4.78, 5) is 25.1. The van der Waals surface area contributed by atoms with E-state index in [1.165, 1.54) is 0 Å². The van der Waals surface area contributed by atoms with Gasteiger partial charge in [-0.15, -0.1) is 0 Å². The molecule has 0 fully saturated rings. The van der Waals surface area contributed by atoms with Crippen molar-refractivity contribution in [3.05, 3.63) is 54.2 Å². The number of carbonyl (C=O) groups excluding carboxylic acids is 1. The van der Waals surface area contributed by atoms with E-state index in [4.69, 9.17) is 14.0 Å². The van der Waals surface area contributed by atoms with Crippen LogP contribution in [0, 0.1) is 0 Å². The van der Waals surface area contributed by atoms with E-state index < -0.39 is 0 Å². The number of hydrogen-bond acceptors (Lipinski definition) is 8. The molecule has 2 aromatic carbocycles. The van der Waals surface area contributed by atoms with E-state index in [-0.39, 0.29) is 18.4 Å². The Kier molecular flexibility index (Phi) is 7.69. The van der Waals surface area contributed by atoms with Crippen molar-refractivity contribution in [1.82, 2.24) is 25.4 Å². The number of fused-ring (bicyclic) bond motifs is 1. The Morgan fingerprint density at radius 2 is 1.97 bits per heavy atom. The van der Waals surface area contributed by atoms with Gasteiger partial charge >= 0.3 is 0 Å². The molecular weight excluding hydrogens is 454 g/mol. The summed E-state index contributed by atoms with van der Waals surface area (Å²) < 4.78 is 16.0. The minimum Gasteiger partial charge on any atom is -0.493 e. The van der Waals surface area contributed by atoms with Crippen molar-refractivity contribution < 1.29 is 18.8 Å². The highest BCUT2D eigenvalue weighted by Gasteiger charge is 2.19. The zero-order valence-corrected chi connectivity index (χ0v) is 20.1. The third-order valence-electron chi connectivity index (χ3n) is 5.36. The van der Waals surface area contributed by atoms with E-state index in [2.05, 4.69) is 25.4 Å². The second-order valence-corrected chi connectivity index (χ2v) is 8.61. The summed E-state index contributed by atoms with van der Waals surface area (Å²) in [7, 11) is 3.15. The molecule has 0 saturated carbocycles. The number of carbonyl (C=O) groups is 1. The van der Waals surface area contributed by atoms with Crippen LogP contribution in [0.3, 0.4) is 0 Å². The Balaban J connectivity index is 1.39. The molecule has 0 saturated heterocycles. The van der Waals surface area contributed by atoms with Crippen LogP contribution >= 0.6 is 11.8 Å². The number of nitrogens with zero attached hydrogens (tertiary/aromatic N) is 3. The summed E-state index contributed by atoms with van der Waals surface area (Å²) in [6.07, 6.45) is 3.38. The van der Waals surface area contributed by atoms with Gasteiger partial charge in [0.05, 0.1) is 31.3 Å². The minimum absolute atomic E-state index is 0.0996.